The maximum absolute atomic E-state index is 11.8. The van der Waals surface area contributed by atoms with E-state index in [2.05, 4.69) is 4.98 Å². The largest absolute Gasteiger partial charge is 0.464 e. The Labute approximate surface area is 116 Å². The molecular formula is C15H16N2O3. The first-order valence-electron chi connectivity index (χ1n) is 6.51. The first kappa shape index (κ1) is 14.0. The molecule has 0 spiro atoms. The molecule has 0 bridgehead atoms. The number of carboxylic acid groups (broad SMARTS) is 1. The zero-order chi connectivity index (χ0) is 14.4. The van der Waals surface area contributed by atoms with E-state index in [1.54, 1.807) is 18.3 Å². The van der Waals surface area contributed by atoms with Gasteiger partial charge >= 0.3 is 6.09 Å². The van der Waals surface area contributed by atoms with Crippen LogP contribution in [-0.2, 0) is 12.8 Å². The summed E-state index contributed by atoms with van der Waals surface area (Å²) in [5, 5.41) is 8.87. The Bertz CT molecular complexity index is 635. The minimum absolute atomic E-state index is 0.443. The molecule has 0 amide bonds. The van der Waals surface area contributed by atoms with E-state index in [-0.39, 0.29) is 0 Å². The molecule has 0 aromatic carbocycles. The van der Waals surface area contributed by atoms with Crippen molar-refractivity contribution in [3.63, 3.8) is 0 Å². The minimum Gasteiger partial charge on any atom is -0.464 e. The summed E-state index contributed by atoms with van der Waals surface area (Å²) in [6, 6.07) is 7.20. The van der Waals surface area contributed by atoms with Crippen molar-refractivity contribution in [1.29, 1.82) is 0 Å². The standard InChI is InChI=1S/C15H16N2O3/c18-14-13(8-4-10-17(14)15(19)20)7-2-1-5-12-6-3-9-16-11-12/h3-4,6,8-11H,1-2,5,7H2,(H,19,20). The van der Waals surface area contributed by atoms with Gasteiger partial charge in [0.2, 0.25) is 0 Å². The van der Waals surface area contributed by atoms with Gasteiger partial charge in [-0.05, 0) is 43.4 Å². The molecule has 0 fully saturated rings. The Balaban J connectivity index is 1.90. The lowest BCUT2D eigenvalue weighted by molar-refractivity contribution is 0.195. The molecule has 0 saturated carbocycles. The van der Waals surface area contributed by atoms with Crippen molar-refractivity contribution in [3.8, 4) is 0 Å². The second-order valence-electron chi connectivity index (χ2n) is 4.56. The molecule has 0 unspecified atom stereocenters. The monoisotopic (exact) mass is 272 g/mol. The lowest BCUT2D eigenvalue weighted by atomic mass is 10.1. The summed E-state index contributed by atoms with van der Waals surface area (Å²) < 4.78 is 0.719. The van der Waals surface area contributed by atoms with Gasteiger partial charge in [-0.15, -0.1) is 0 Å². The van der Waals surface area contributed by atoms with Gasteiger partial charge in [-0.1, -0.05) is 12.1 Å². The molecule has 0 radical (unpaired) electrons. The fraction of sp³-hybridized carbons (Fsp3) is 0.267. The summed E-state index contributed by atoms with van der Waals surface area (Å²) in [5.74, 6) is 0. The van der Waals surface area contributed by atoms with E-state index in [0.717, 1.165) is 23.8 Å². The lowest BCUT2D eigenvalue weighted by Gasteiger charge is -2.04. The highest BCUT2D eigenvalue weighted by molar-refractivity contribution is 5.67. The van der Waals surface area contributed by atoms with Crippen LogP contribution in [0.3, 0.4) is 0 Å². The van der Waals surface area contributed by atoms with Gasteiger partial charge in [0, 0.05) is 24.2 Å². The van der Waals surface area contributed by atoms with Gasteiger partial charge < -0.3 is 5.11 Å². The number of hydrogen-bond acceptors (Lipinski definition) is 3. The van der Waals surface area contributed by atoms with Crippen LogP contribution in [0.25, 0.3) is 0 Å². The predicted molar refractivity (Wildman–Crippen MR) is 75.0 cm³/mol. The molecule has 0 aliphatic heterocycles. The van der Waals surface area contributed by atoms with Gasteiger partial charge in [0.1, 0.15) is 0 Å². The first-order chi connectivity index (χ1) is 9.68. The fourth-order valence-corrected chi connectivity index (χ4v) is 2.07. The molecule has 0 atom stereocenters. The number of rotatable bonds is 5. The topological polar surface area (TPSA) is 72.2 Å². The highest BCUT2D eigenvalue weighted by Crippen LogP contribution is 2.06. The number of aromatic nitrogens is 2. The van der Waals surface area contributed by atoms with Gasteiger partial charge in [0.15, 0.2) is 0 Å². The molecule has 5 heteroatoms. The zero-order valence-electron chi connectivity index (χ0n) is 11.0. The Morgan fingerprint density at radius 2 is 2.00 bits per heavy atom. The summed E-state index contributed by atoms with van der Waals surface area (Å²) in [6.45, 7) is 0. The third-order valence-corrected chi connectivity index (χ3v) is 3.12. The van der Waals surface area contributed by atoms with Gasteiger partial charge in [-0.25, -0.2) is 9.36 Å². The quantitative estimate of drug-likeness (QED) is 0.848. The number of nitrogens with zero attached hydrogens (tertiary/aromatic N) is 2. The normalized spacial score (nSPS) is 10.4. The van der Waals surface area contributed by atoms with Crippen molar-refractivity contribution in [3.05, 3.63) is 64.3 Å². The Hall–Kier alpha value is -2.43. The van der Waals surface area contributed by atoms with Crippen molar-refractivity contribution >= 4 is 6.09 Å². The highest BCUT2D eigenvalue weighted by Gasteiger charge is 2.07. The van der Waals surface area contributed by atoms with Crippen LogP contribution in [0.1, 0.15) is 24.0 Å². The van der Waals surface area contributed by atoms with Crippen LogP contribution >= 0.6 is 0 Å². The van der Waals surface area contributed by atoms with E-state index < -0.39 is 11.7 Å². The second-order valence-corrected chi connectivity index (χ2v) is 4.56. The van der Waals surface area contributed by atoms with Gasteiger partial charge in [-0.2, -0.15) is 0 Å². The third kappa shape index (κ3) is 3.54. The van der Waals surface area contributed by atoms with Crippen molar-refractivity contribution in [2.45, 2.75) is 25.7 Å². The van der Waals surface area contributed by atoms with Gasteiger partial charge in [-0.3, -0.25) is 9.78 Å². The number of pyridine rings is 2. The maximum Gasteiger partial charge on any atom is 0.418 e. The maximum atomic E-state index is 11.8. The van der Waals surface area contributed by atoms with E-state index in [9.17, 15) is 9.59 Å². The van der Waals surface area contributed by atoms with Crippen LogP contribution in [0.4, 0.5) is 4.79 Å². The molecule has 2 aromatic heterocycles. The molecule has 0 aliphatic rings. The molecule has 5 nitrogen and oxygen atoms in total. The van der Waals surface area contributed by atoms with Crippen LogP contribution in [0, 0.1) is 0 Å². The predicted octanol–water partition coefficient (Wildman–Crippen LogP) is 2.33. The van der Waals surface area contributed by atoms with E-state index in [0.29, 0.717) is 12.0 Å². The summed E-state index contributed by atoms with van der Waals surface area (Å²) in [6.07, 6.45) is 6.88. The zero-order valence-corrected chi connectivity index (χ0v) is 11.0. The molecule has 0 aliphatic carbocycles. The number of carbonyl (C=O) groups is 1. The average Bonchev–Trinajstić information content (AvgIpc) is 2.46. The molecule has 104 valence electrons. The van der Waals surface area contributed by atoms with Crippen LogP contribution in [0.2, 0.25) is 0 Å². The third-order valence-electron chi connectivity index (χ3n) is 3.12. The van der Waals surface area contributed by atoms with Crippen LogP contribution in [0.5, 0.6) is 0 Å². The van der Waals surface area contributed by atoms with Crippen LogP contribution < -0.4 is 5.56 Å². The average molecular weight is 272 g/mol. The van der Waals surface area contributed by atoms with Crippen molar-refractivity contribution in [2.75, 3.05) is 0 Å². The van der Waals surface area contributed by atoms with Gasteiger partial charge in [0.05, 0.1) is 0 Å². The Morgan fingerprint density at radius 1 is 1.20 bits per heavy atom. The SMILES string of the molecule is O=C(O)n1cccc(CCCCc2cccnc2)c1=O. The van der Waals surface area contributed by atoms with Crippen LogP contribution in [-0.4, -0.2) is 20.8 Å². The summed E-state index contributed by atoms with van der Waals surface area (Å²) in [4.78, 5) is 26.7. The van der Waals surface area contributed by atoms with E-state index >= 15 is 0 Å². The minimum atomic E-state index is -1.24. The molecule has 2 rings (SSSR count). The van der Waals surface area contributed by atoms with Crippen molar-refractivity contribution < 1.29 is 9.90 Å². The molecular weight excluding hydrogens is 256 g/mol. The molecule has 2 heterocycles. The smallest absolute Gasteiger partial charge is 0.418 e. The lowest BCUT2D eigenvalue weighted by Crippen LogP contribution is -2.27. The fourth-order valence-electron chi connectivity index (χ4n) is 2.07. The Kier molecular flexibility index (Phi) is 4.65. The van der Waals surface area contributed by atoms with Gasteiger partial charge in [0.25, 0.3) is 5.56 Å². The van der Waals surface area contributed by atoms with E-state index in [1.165, 1.54) is 11.8 Å². The van der Waals surface area contributed by atoms with E-state index in [1.807, 2.05) is 18.3 Å². The summed E-state index contributed by atoms with van der Waals surface area (Å²) in [7, 11) is 0. The number of aryl methyl sites for hydroxylation is 2. The molecule has 2 aromatic rings. The van der Waals surface area contributed by atoms with E-state index in [4.69, 9.17) is 5.11 Å². The Morgan fingerprint density at radius 3 is 2.70 bits per heavy atom. The van der Waals surface area contributed by atoms with Crippen molar-refractivity contribution in [2.24, 2.45) is 0 Å². The van der Waals surface area contributed by atoms with Crippen molar-refractivity contribution in [1.82, 2.24) is 9.55 Å². The number of unbranched alkanes of at least 4 members (excludes halogenated alkanes) is 1. The summed E-state index contributed by atoms with van der Waals surface area (Å²) in [5.41, 5.74) is 1.27. The first-order valence-corrected chi connectivity index (χ1v) is 6.51. The second kappa shape index (κ2) is 6.65. The number of hydrogen-bond donors (Lipinski definition) is 1. The highest BCUT2D eigenvalue weighted by atomic mass is 16.4. The van der Waals surface area contributed by atoms with Crippen LogP contribution in [0.15, 0.2) is 47.7 Å². The summed E-state index contributed by atoms with van der Waals surface area (Å²) >= 11 is 0. The molecule has 1 N–H and O–H groups in total. The molecule has 0 saturated heterocycles. The molecule has 20 heavy (non-hydrogen) atoms.